The molecule has 30 heavy (non-hydrogen) atoms. The van der Waals surface area contributed by atoms with Gasteiger partial charge in [0.1, 0.15) is 4.88 Å². The molecule has 2 aromatic rings. The number of ether oxygens (including phenoxy) is 2. The fourth-order valence-corrected chi connectivity index (χ4v) is 4.34. The van der Waals surface area contributed by atoms with E-state index in [1.807, 2.05) is 42.6 Å². The summed E-state index contributed by atoms with van der Waals surface area (Å²) in [7, 11) is 0. The molecular formula is C23H27NO5S. The predicted octanol–water partition coefficient (Wildman–Crippen LogP) is 4.07. The molecule has 2 heterocycles. The molecule has 6 nitrogen and oxygen atoms in total. The second-order valence-corrected chi connectivity index (χ2v) is 8.34. The number of hydrogen-bond acceptors (Lipinski definition) is 6. The van der Waals surface area contributed by atoms with Crippen LogP contribution in [0.5, 0.6) is 0 Å². The smallest absolute Gasteiger partial charge is 0.349 e. The van der Waals surface area contributed by atoms with Gasteiger partial charge < -0.3 is 14.4 Å². The van der Waals surface area contributed by atoms with Gasteiger partial charge in [-0.15, -0.1) is 11.3 Å². The molecular weight excluding hydrogens is 402 g/mol. The van der Waals surface area contributed by atoms with Crippen LogP contribution >= 0.6 is 11.3 Å². The van der Waals surface area contributed by atoms with Crippen molar-refractivity contribution in [2.45, 2.75) is 39.7 Å². The van der Waals surface area contributed by atoms with Crippen molar-refractivity contribution in [2.75, 3.05) is 19.7 Å². The molecule has 7 heteroatoms. The predicted molar refractivity (Wildman–Crippen MR) is 115 cm³/mol. The van der Waals surface area contributed by atoms with Crippen molar-refractivity contribution in [1.82, 2.24) is 4.90 Å². The average molecular weight is 430 g/mol. The standard InChI is InChI=1S/C23H27NO5S/c1-4-28-22(26)18-9-12-24(13-10-18)21(25)16(3)29-23(27)20-19(11-14-30-20)17-7-5-15(2)6-8-17/h5-8,11,14,16,18H,4,9-10,12-13H2,1-3H3. The van der Waals surface area contributed by atoms with Crippen LogP contribution in [0, 0.1) is 12.8 Å². The van der Waals surface area contributed by atoms with E-state index in [1.165, 1.54) is 11.3 Å². The van der Waals surface area contributed by atoms with Crippen molar-refractivity contribution < 1.29 is 23.9 Å². The maximum absolute atomic E-state index is 12.7. The summed E-state index contributed by atoms with van der Waals surface area (Å²) in [5.74, 6) is -1.11. The molecule has 1 saturated heterocycles. The molecule has 1 unspecified atom stereocenters. The molecule has 1 fully saturated rings. The van der Waals surface area contributed by atoms with Crippen molar-refractivity contribution in [3.05, 3.63) is 46.2 Å². The fourth-order valence-electron chi connectivity index (χ4n) is 3.55. The number of thiophene rings is 1. The Morgan fingerprint density at radius 3 is 2.43 bits per heavy atom. The molecule has 1 aromatic carbocycles. The highest BCUT2D eigenvalue weighted by Crippen LogP contribution is 2.29. The number of carbonyl (C=O) groups excluding carboxylic acids is 3. The topological polar surface area (TPSA) is 72.9 Å². The van der Waals surface area contributed by atoms with E-state index < -0.39 is 12.1 Å². The van der Waals surface area contributed by atoms with Gasteiger partial charge in [-0.25, -0.2) is 4.79 Å². The van der Waals surface area contributed by atoms with Crippen molar-refractivity contribution >= 4 is 29.2 Å². The van der Waals surface area contributed by atoms with E-state index in [1.54, 1.807) is 18.7 Å². The number of rotatable bonds is 6. The number of amides is 1. The molecule has 1 aliphatic rings. The zero-order valence-electron chi connectivity index (χ0n) is 17.6. The second-order valence-electron chi connectivity index (χ2n) is 7.43. The summed E-state index contributed by atoms with van der Waals surface area (Å²) in [4.78, 5) is 39.5. The van der Waals surface area contributed by atoms with E-state index in [4.69, 9.17) is 9.47 Å². The molecule has 0 N–H and O–H groups in total. The summed E-state index contributed by atoms with van der Waals surface area (Å²) in [6.45, 7) is 6.66. The van der Waals surface area contributed by atoms with Crippen LogP contribution in [0.3, 0.4) is 0 Å². The van der Waals surface area contributed by atoms with E-state index in [-0.39, 0.29) is 17.8 Å². The number of esters is 2. The molecule has 0 radical (unpaired) electrons. The normalized spacial score (nSPS) is 15.5. The Bertz CT molecular complexity index is 897. The van der Waals surface area contributed by atoms with Gasteiger partial charge in [0.05, 0.1) is 12.5 Å². The molecule has 0 aliphatic carbocycles. The fraction of sp³-hybridized carbons (Fsp3) is 0.435. The van der Waals surface area contributed by atoms with Gasteiger partial charge in [-0.1, -0.05) is 29.8 Å². The summed E-state index contributed by atoms with van der Waals surface area (Å²) in [6.07, 6.45) is 0.242. The maximum atomic E-state index is 12.7. The van der Waals surface area contributed by atoms with Crippen LogP contribution in [0.25, 0.3) is 11.1 Å². The van der Waals surface area contributed by atoms with Crippen LogP contribution in [-0.2, 0) is 19.1 Å². The lowest BCUT2D eigenvalue weighted by molar-refractivity contribution is -0.152. The van der Waals surface area contributed by atoms with Gasteiger partial charge in [-0.3, -0.25) is 9.59 Å². The molecule has 3 rings (SSSR count). The summed E-state index contributed by atoms with van der Waals surface area (Å²) in [5, 5.41) is 1.85. The number of hydrogen-bond donors (Lipinski definition) is 0. The Balaban J connectivity index is 1.59. The van der Waals surface area contributed by atoms with E-state index in [2.05, 4.69) is 0 Å². The third-order valence-corrected chi connectivity index (χ3v) is 6.17. The van der Waals surface area contributed by atoms with E-state index in [0.717, 1.165) is 16.7 Å². The molecule has 0 saturated carbocycles. The lowest BCUT2D eigenvalue weighted by atomic mass is 9.97. The highest BCUT2D eigenvalue weighted by atomic mass is 32.1. The monoisotopic (exact) mass is 429 g/mol. The van der Waals surface area contributed by atoms with Gasteiger partial charge in [0.2, 0.25) is 0 Å². The largest absolute Gasteiger partial charge is 0.466 e. The van der Waals surface area contributed by atoms with Crippen LogP contribution in [0.4, 0.5) is 0 Å². The molecule has 0 bridgehead atoms. The number of likely N-dealkylation sites (tertiary alicyclic amines) is 1. The molecule has 0 spiro atoms. The average Bonchev–Trinajstić information content (AvgIpc) is 3.24. The molecule has 1 amide bonds. The number of nitrogens with zero attached hydrogens (tertiary/aromatic N) is 1. The Morgan fingerprint density at radius 2 is 1.80 bits per heavy atom. The summed E-state index contributed by atoms with van der Waals surface area (Å²) in [5.41, 5.74) is 2.89. The summed E-state index contributed by atoms with van der Waals surface area (Å²) >= 11 is 1.30. The van der Waals surface area contributed by atoms with Crippen molar-refractivity contribution in [1.29, 1.82) is 0 Å². The first-order valence-corrected chi connectivity index (χ1v) is 11.1. The van der Waals surface area contributed by atoms with Gasteiger partial charge in [0.15, 0.2) is 6.10 Å². The third-order valence-electron chi connectivity index (χ3n) is 5.27. The van der Waals surface area contributed by atoms with Gasteiger partial charge in [-0.2, -0.15) is 0 Å². The van der Waals surface area contributed by atoms with Gasteiger partial charge >= 0.3 is 11.9 Å². The van der Waals surface area contributed by atoms with Crippen molar-refractivity contribution in [3.8, 4) is 11.1 Å². The first-order valence-electron chi connectivity index (χ1n) is 10.2. The first kappa shape index (κ1) is 22.0. The van der Waals surface area contributed by atoms with E-state index in [0.29, 0.717) is 37.4 Å². The minimum Gasteiger partial charge on any atom is -0.466 e. The number of piperidine rings is 1. The number of carbonyl (C=O) groups is 3. The van der Waals surface area contributed by atoms with Crippen LogP contribution in [0.2, 0.25) is 0 Å². The minimum absolute atomic E-state index is 0.171. The zero-order chi connectivity index (χ0) is 21.7. The van der Waals surface area contributed by atoms with Crippen molar-refractivity contribution in [2.24, 2.45) is 5.92 Å². The Morgan fingerprint density at radius 1 is 1.13 bits per heavy atom. The number of benzene rings is 1. The maximum Gasteiger partial charge on any atom is 0.349 e. The number of aryl methyl sites for hydroxylation is 1. The first-order chi connectivity index (χ1) is 14.4. The molecule has 1 aliphatic heterocycles. The van der Waals surface area contributed by atoms with Gasteiger partial charge in [0, 0.05) is 18.7 Å². The van der Waals surface area contributed by atoms with E-state index in [9.17, 15) is 14.4 Å². The Kier molecular flexibility index (Phi) is 7.26. The molecule has 1 atom stereocenters. The Hall–Kier alpha value is -2.67. The molecule has 160 valence electrons. The van der Waals surface area contributed by atoms with Gasteiger partial charge in [-0.05, 0) is 50.6 Å². The van der Waals surface area contributed by atoms with Crippen LogP contribution in [-0.4, -0.2) is 48.5 Å². The quantitative estimate of drug-likeness (QED) is 0.647. The van der Waals surface area contributed by atoms with Gasteiger partial charge in [0.25, 0.3) is 5.91 Å². The van der Waals surface area contributed by atoms with Crippen LogP contribution in [0.15, 0.2) is 35.7 Å². The summed E-state index contributed by atoms with van der Waals surface area (Å²) in [6, 6.07) is 9.81. The lowest BCUT2D eigenvalue weighted by Crippen LogP contribution is -2.45. The highest BCUT2D eigenvalue weighted by molar-refractivity contribution is 7.12. The summed E-state index contributed by atoms with van der Waals surface area (Å²) < 4.78 is 10.6. The lowest BCUT2D eigenvalue weighted by Gasteiger charge is -2.32. The SMILES string of the molecule is CCOC(=O)C1CCN(C(=O)C(C)OC(=O)c2sccc2-c2ccc(C)cc2)CC1. The highest BCUT2D eigenvalue weighted by Gasteiger charge is 2.31. The third kappa shape index (κ3) is 5.08. The van der Waals surface area contributed by atoms with Crippen LogP contribution in [0.1, 0.15) is 41.9 Å². The molecule has 1 aromatic heterocycles. The van der Waals surface area contributed by atoms with E-state index >= 15 is 0 Å². The minimum atomic E-state index is -0.885. The zero-order valence-corrected chi connectivity index (χ0v) is 18.4. The Labute approximate surface area is 180 Å². The second kappa shape index (κ2) is 9.89. The van der Waals surface area contributed by atoms with Crippen molar-refractivity contribution in [3.63, 3.8) is 0 Å². The van der Waals surface area contributed by atoms with Crippen LogP contribution < -0.4 is 0 Å².